The van der Waals surface area contributed by atoms with Crippen LogP contribution in [0.15, 0.2) is 35.6 Å². The zero-order valence-electron chi connectivity index (χ0n) is 24.5. The van der Waals surface area contributed by atoms with Crippen molar-refractivity contribution in [3.63, 3.8) is 0 Å². The molecule has 1 N–H and O–H groups in total. The number of esters is 1. The second-order valence-corrected chi connectivity index (χ2v) is 12.1. The van der Waals surface area contributed by atoms with Crippen molar-refractivity contribution in [3.8, 4) is 5.75 Å². The summed E-state index contributed by atoms with van der Waals surface area (Å²) in [5.74, 6) is 2.18. The highest BCUT2D eigenvalue weighted by Gasteiger charge is 2.36. The molecule has 1 amide bonds. The van der Waals surface area contributed by atoms with Gasteiger partial charge in [0.05, 0.1) is 25.7 Å². The minimum atomic E-state index is -0.655. The molecule has 7 heteroatoms. The summed E-state index contributed by atoms with van der Waals surface area (Å²) < 4.78 is 22.9. The first-order valence-corrected chi connectivity index (χ1v) is 13.7. The van der Waals surface area contributed by atoms with Crippen LogP contribution in [0.25, 0.3) is 5.57 Å². The molecule has 1 fully saturated rings. The molecular formula is C31H45NO6. The van der Waals surface area contributed by atoms with Crippen LogP contribution in [0.5, 0.6) is 5.75 Å². The van der Waals surface area contributed by atoms with Crippen LogP contribution in [0.3, 0.4) is 0 Å². The van der Waals surface area contributed by atoms with E-state index in [4.69, 9.17) is 18.9 Å². The lowest BCUT2D eigenvalue weighted by molar-refractivity contribution is -0.151. The molecule has 7 nitrogen and oxygen atoms in total. The molecule has 2 aliphatic carbocycles. The van der Waals surface area contributed by atoms with Crippen molar-refractivity contribution in [2.24, 2.45) is 23.7 Å². The van der Waals surface area contributed by atoms with Crippen LogP contribution >= 0.6 is 0 Å². The van der Waals surface area contributed by atoms with Gasteiger partial charge in [0.15, 0.2) is 0 Å². The summed E-state index contributed by atoms with van der Waals surface area (Å²) in [5, 5.41) is 2.86. The predicted molar refractivity (Wildman–Crippen MR) is 150 cm³/mol. The van der Waals surface area contributed by atoms with E-state index in [9.17, 15) is 9.59 Å². The largest absolute Gasteiger partial charge is 0.501 e. The fourth-order valence-electron chi connectivity index (χ4n) is 5.49. The summed E-state index contributed by atoms with van der Waals surface area (Å²) in [6, 6.07) is 5.33. The fourth-order valence-corrected chi connectivity index (χ4v) is 5.49. The van der Waals surface area contributed by atoms with E-state index < -0.39 is 11.7 Å². The summed E-state index contributed by atoms with van der Waals surface area (Å²) in [7, 11) is 3.21. The van der Waals surface area contributed by atoms with Gasteiger partial charge in [-0.15, -0.1) is 0 Å². The lowest BCUT2D eigenvalue weighted by Crippen LogP contribution is -2.37. The van der Waals surface area contributed by atoms with Crippen molar-refractivity contribution in [1.29, 1.82) is 0 Å². The highest BCUT2D eigenvalue weighted by atomic mass is 16.6. The molecule has 210 valence electrons. The van der Waals surface area contributed by atoms with Crippen molar-refractivity contribution in [2.45, 2.75) is 85.9 Å². The molecule has 1 saturated carbocycles. The van der Waals surface area contributed by atoms with Crippen LogP contribution in [-0.4, -0.2) is 38.0 Å². The second kappa shape index (κ2) is 12.3. The average Bonchev–Trinajstić information content (AvgIpc) is 2.82. The number of benzene rings is 1. The van der Waals surface area contributed by atoms with Crippen LogP contribution in [0.1, 0.15) is 79.7 Å². The third kappa shape index (κ3) is 7.33. The number of methoxy groups -OCH3 is 2. The Balaban J connectivity index is 2.08. The number of hydrogen-bond donors (Lipinski definition) is 1. The lowest BCUT2D eigenvalue weighted by Gasteiger charge is -2.37. The van der Waals surface area contributed by atoms with Gasteiger partial charge in [0.1, 0.15) is 17.5 Å². The van der Waals surface area contributed by atoms with E-state index in [1.807, 2.05) is 39.8 Å². The van der Waals surface area contributed by atoms with Gasteiger partial charge in [-0.1, -0.05) is 34.1 Å². The van der Waals surface area contributed by atoms with E-state index in [1.165, 1.54) is 0 Å². The molecule has 0 saturated heterocycles. The highest BCUT2D eigenvalue weighted by molar-refractivity contribution is 6.04. The quantitative estimate of drug-likeness (QED) is 0.373. The number of carbonyl (C=O) groups is 2. The van der Waals surface area contributed by atoms with Crippen LogP contribution in [0, 0.1) is 23.7 Å². The van der Waals surface area contributed by atoms with Gasteiger partial charge in [-0.05, 0) is 87.1 Å². The van der Waals surface area contributed by atoms with Gasteiger partial charge in [0, 0.05) is 17.6 Å². The minimum absolute atomic E-state index is 0.121. The Bertz CT molecular complexity index is 1080. The average molecular weight is 528 g/mol. The molecule has 1 aromatic carbocycles. The highest BCUT2D eigenvalue weighted by Crippen LogP contribution is 2.41. The van der Waals surface area contributed by atoms with E-state index in [1.54, 1.807) is 26.4 Å². The number of carbonyl (C=O) groups excluding carboxylic acids is 2. The fraction of sp³-hybridized carbons (Fsp3) is 0.613. The zero-order valence-corrected chi connectivity index (χ0v) is 24.5. The molecule has 2 aliphatic rings. The Morgan fingerprint density at radius 2 is 1.76 bits per heavy atom. The predicted octanol–water partition coefficient (Wildman–Crippen LogP) is 7.37. The van der Waals surface area contributed by atoms with Crippen LogP contribution in [-0.2, 0) is 19.0 Å². The van der Waals surface area contributed by atoms with Gasteiger partial charge in [0.25, 0.3) is 0 Å². The zero-order chi connectivity index (χ0) is 28.2. The van der Waals surface area contributed by atoms with Gasteiger partial charge in [0.2, 0.25) is 0 Å². The molecule has 0 bridgehead atoms. The van der Waals surface area contributed by atoms with Gasteiger partial charge >= 0.3 is 12.1 Å². The number of nitrogens with one attached hydrogen (secondary N) is 1. The first kappa shape index (κ1) is 29.6. The topological polar surface area (TPSA) is 83.1 Å². The van der Waals surface area contributed by atoms with Crippen molar-refractivity contribution >= 4 is 23.3 Å². The van der Waals surface area contributed by atoms with Crippen LogP contribution < -0.4 is 10.1 Å². The van der Waals surface area contributed by atoms with E-state index >= 15 is 0 Å². The van der Waals surface area contributed by atoms with E-state index in [0.717, 1.165) is 25.0 Å². The number of anilines is 1. The maximum Gasteiger partial charge on any atom is 0.412 e. The number of hydrogen-bond acceptors (Lipinski definition) is 6. The van der Waals surface area contributed by atoms with Crippen molar-refractivity contribution < 1.29 is 28.5 Å². The normalized spacial score (nSPS) is 24.0. The Morgan fingerprint density at radius 1 is 1.05 bits per heavy atom. The Morgan fingerprint density at radius 3 is 2.37 bits per heavy atom. The van der Waals surface area contributed by atoms with Gasteiger partial charge in [-0.3, -0.25) is 5.32 Å². The smallest absolute Gasteiger partial charge is 0.412 e. The maximum atomic E-state index is 13.9. The van der Waals surface area contributed by atoms with Gasteiger partial charge < -0.3 is 18.9 Å². The first-order valence-electron chi connectivity index (χ1n) is 13.7. The van der Waals surface area contributed by atoms with Crippen molar-refractivity contribution in [2.75, 3.05) is 19.5 Å². The number of amides is 1. The lowest BCUT2D eigenvalue weighted by atomic mass is 9.75. The van der Waals surface area contributed by atoms with E-state index in [-0.39, 0.29) is 18.0 Å². The molecule has 1 aromatic rings. The standard InChI is InChI=1S/C31H45NO6/c1-18(2)23-12-10-19(3)14-27(23)37-29(33)28-20(4)15-22(36-9)17-25(28)24-16-21(35-8)11-13-26(24)32-30(34)38-31(5,6)7/h11,13,16-20,23,27H,10,12,14-15H2,1-9H3,(H,32,34)/t19-,20+,23+,27-/m1/s1. The molecule has 0 spiro atoms. The number of rotatable bonds is 7. The third-order valence-electron chi connectivity index (χ3n) is 7.45. The minimum Gasteiger partial charge on any atom is -0.501 e. The van der Waals surface area contributed by atoms with Gasteiger partial charge in [-0.2, -0.15) is 0 Å². The third-order valence-corrected chi connectivity index (χ3v) is 7.45. The van der Waals surface area contributed by atoms with Crippen molar-refractivity contribution in [3.05, 3.63) is 41.2 Å². The summed E-state index contributed by atoms with van der Waals surface area (Å²) in [6.45, 7) is 14.1. The molecular weight excluding hydrogens is 482 g/mol. The Hall–Kier alpha value is -2.96. The molecule has 0 unspecified atom stereocenters. The summed E-state index contributed by atoms with van der Waals surface area (Å²) in [4.78, 5) is 26.6. The van der Waals surface area contributed by atoms with Gasteiger partial charge in [-0.25, -0.2) is 9.59 Å². The summed E-state index contributed by atoms with van der Waals surface area (Å²) in [6.07, 6.45) is 4.84. The second-order valence-electron chi connectivity index (χ2n) is 12.1. The molecule has 38 heavy (non-hydrogen) atoms. The Labute approximate surface area is 227 Å². The molecule has 4 atom stereocenters. The molecule has 3 rings (SSSR count). The van der Waals surface area contributed by atoms with E-state index in [0.29, 0.717) is 52.3 Å². The molecule has 0 aromatic heterocycles. The summed E-state index contributed by atoms with van der Waals surface area (Å²) in [5.41, 5.74) is 1.72. The molecule has 0 heterocycles. The summed E-state index contributed by atoms with van der Waals surface area (Å²) >= 11 is 0. The van der Waals surface area contributed by atoms with E-state index in [2.05, 4.69) is 26.1 Å². The van der Waals surface area contributed by atoms with Crippen LogP contribution in [0.2, 0.25) is 0 Å². The SMILES string of the molecule is COC1=CC(c2cc(OC)ccc2NC(=O)OC(C)(C)C)=C(C(=O)O[C@@H]2C[C@H](C)CC[C@H]2C(C)C)[C@@H](C)C1. The van der Waals surface area contributed by atoms with Crippen molar-refractivity contribution in [1.82, 2.24) is 0 Å². The monoisotopic (exact) mass is 527 g/mol. The molecule has 0 aliphatic heterocycles. The first-order chi connectivity index (χ1) is 17.8. The van der Waals surface area contributed by atoms with Crippen LogP contribution in [0.4, 0.5) is 10.5 Å². The maximum absolute atomic E-state index is 13.9. The Kier molecular flexibility index (Phi) is 9.55. The number of ether oxygens (including phenoxy) is 4. The number of allylic oxidation sites excluding steroid dienone is 3. The molecule has 0 radical (unpaired) electrons.